The van der Waals surface area contributed by atoms with Crippen molar-refractivity contribution >= 4 is 36.0 Å². The van der Waals surface area contributed by atoms with Crippen LogP contribution in [-0.2, 0) is 11.2 Å². The molecule has 0 spiro atoms. The van der Waals surface area contributed by atoms with Gasteiger partial charge in [-0.25, -0.2) is 4.79 Å². The first-order valence-electron chi connectivity index (χ1n) is 10.5. The van der Waals surface area contributed by atoms with Gasteiger partial charge in [-0.1, -0.05) is 6.07 Å². The highest BCUT2D eigenvalue weighted by Crippen LogP contribution is 2.29. The lowest BCUT2D eigenvalue weighted by molar-refractivity contribution is -0.0512. The molecule has 0 saturated carbocycles. The number of guanidine groups is 1. The number of aliphatic imine (C=N–C) groups is 1. The molecule has 0 aromatic heterocycles. The summed E-state index contributed by atoms with van der Waals surface area (Å²) in [7, 11) is 1.41. The number of benzene rings is 1. The molecule has 1 aromatic rings. The lowest BCUT2D eigenvalue weighted by Gasteiger charge is -2.32. The van der Waals surface area contributed by atoms with Gasteiger partial charge in [-0.15, -0.1) is 24.0 Å². The van der Waals surface area contributed by atoms with Gasteiger partial charge in [-0.3, -0.25) is 4.99 Å². The second-order valence-corrected chi connectivity index (χ2v) is 6.98. The Kier molecular flexibility index (Phi) is 13.0. The van der Waals surface area contributed by atoms with Crippen LogP contribution in [0.15, 0.2) is 23.2 Å². The smallest absolute Gasteiger partial charge is 0.409 e. The minimum absolute atomic E-state index is 0. The molecule has 1 saturated heterocycles. The van der Waals surface area contributed by atoms with E-state index in [1.165, 1.54) is 7.11 Å². The van der Waals surface area contributed by atoms with Crippen molar-refractivity contribution in [3.05, 3.63) is 23.8 Å². The van der Waals surface area contributed by atoms with E-state index in [-0.39, 0.29) is 47.6 Å². The number of amides is 1. The van der Waals surface area contributed by atoms with Crippen molar-refractivity contribution in [3.63, 3.8) is 0 Å². The number of methoxy groups -OCH3 is 1. The number of carbonyl (C=O) groups excluding carboxylic acids is 1. The standard InChI is InChI=1S/C21H32F2N4O4.HI/c1-4-24-20(26-16-9-12-27(13-10-16)21(28)30-5-2)25-11-8-15-6-7-17(29-3)18(14-15)31-19(22)23;/h6-7,14,16,19H,4-5,8-13H2,1-3H3,(H2,24,25,26);1H. The lowest BCUT2D eigenvalue weighted by atomic mass is 10.1. The molecule has 0 unspecified atom stereocenters. The molecule has 0 radical (unpaired) electrons. The molecule has 0 bridgehead atoms. The minimum atomic E-state index is -2.91. The molecule has 1 aromatic carbocycles. The maximum atomic E-state index is 12.6. The van der Waals surface area contributed by atoms with Crippen LogP contribution in [0.3, 0.4) is 0 Å². The van der Waals surface area contributed by atoms with Crippen LogP contribution in [0.5, 0.6) is 11.5 Å². The minimum Gasteiger partial charge on any atom is -0.493 e. The van der Waals surface area contributed by atoms with Crippen LogP contribution < -0.4 is 20.1 Å². The highest BCUT2D eigenvalue weighted by Gasteiger charge is 2.24. The Hall–Kier alpha value is -2.05. The fourth-order valence-corrected chi connectivity index (χ4v) is 3.30. The Morgan fingerprint density at radius 2 is 1.97 bits per heavy atom. The zero-order chi connectivity index (χ0) is 22.6. The highest BCUT2D eigenvalue weighted by molar-refractivity contribution is 14.0. The topological polar surface area (TPSA) is 84.4 Å². The van der Waals surface area contributed by atoms with Crippen LogP contribution in [-0.4, -0.2) is 69.5 Å². The molecule has 0 aliphatic carbocycles. The molecule has 11 heteroatoms. The van der Waals surface area contributed by atoms with Crippen molar-refractivity contribution in [1.82, 2.24) is 15.5 Å². The fourth-order valence-electron chi connectivity index (χ4n) is 3.30. The Bertz CT molecular complexity index is 732. The predicted octanol–water partition coefficient (Wildman–Crippen LogP) is 3.63. The van der Waals surface area contributed by atoms with E-state index in [4.69, 9.17) is 9.47 Å². The third-order valence-corrected chi connectivity index (χ3v) is 4.82. The first kappa shape index (κ1) is 28.0. The Labute approximate surface area is 205 Å². The Morgan fingerprint density at radius 1 is 1.25 bits per heavy atom. The molecule has 0 atom stereocenters. The maximum absolute atomic E-state index is 12.6. The van der Waals surface area contributed by atoms with E-state index in [0.29, 0.717) is 45.2 Å². The van der Waals surface area contributed by atoms with Crippen LogP contribution >= 0.6 is 24.0 Å². The first-order valence-corrected chi connectivity index (χ1v) is 10.5. The van der Waals surface area contributed by atoms with Crippen LogP contribution in [0.1, 0.15) is 32.3 Å². The molecule has 2 N–H and O–H groups in total. The fraction of sp³-hybridized carbons (Fsp3) is 0.619. The van der Waals surface area contributed by atoms with Crippen molar-refractivity contribution in [2.75, 3.05) is 39.9 Å². The molecule has 1 heterocycles. The Balaban J connectivity index is 0.00000512. The third kappa shape index (κ3) is 9.21. The second-order valence-electron chi connectivity index (χ2n) is 6.98. The number of rotatable bonds is 9. The monoisotopic (exact) mass is 570 g/mol. The summed E-state index contributed by atoms with van der Waals surface area (Å²) in [6.07, 6.45) is 1.89. The number of likely N-dealkylation sites (tertiary alicyclic amines) is 1. The average Bonchev–Trinajstić information content (AvgIpc) is 2.74. The van der Waals surface area contributed by atoms with Crippen LogP contribution in [0.4, 0.5) is 13.6 Å². The molecular formula is C21H33F2IN4O4. The van der Waals surface area contributed by atoms with Crippen molar-refractivity contribution < 1.29 is 27.8 Å². The molecule has 1 aliphatic rings. The second kappa shape index (κ2) is 14.9. The highest BCUT2D eigenvalue weighted by atomic mass is 127. The van der Waals surface area contributed by atoms with Gasteiger partial charge in [-0.05, 0) is 50.8 Å². The van der Waals surface area contributed by atoms with Gasteiger partial charge in [0.05, 0.1) is 13.7 Å². The summed E-state index contributed by atoms with van der Waals surface area (Å²) in [6, 6.07) is 5.16. The SMILES string of the molecule is CCNC(=NCCc1ccc(OC)c(OC(F)F)c1)NC1CCN(C(=O)OCC)CC1.I. The number of ether oxygens (including phenoxy) is 3. The summed E-state index contributed by atoms with van der Waals surface area (Å²) in [5.74, 6) is 0.962. The third-order valence-electron chi connectivity index (χ3n) is 4.82. The molecular weight excluding hydrogens is 537 g/mol. The number of nitrogens with zero attached hydrogens (tertiary/aromatic N) is 2. The largest absolute Gasteiger partial charge is 0.493 e. The van der Waals surface area contributed by atoms with Crippen molar-refractivity contribution in [1.29, 1.82) is 0 Å². The normalized spacial score (nSPS) is 14.6. The van der Waals surface area contributed by atoms with E-state index in [9.17, 15) is 13.6 Å². The van der Waals surface area contributed by atoms with E-state index in [2.05, 4.69) is 20.4 Å². The molecule has 32 heavy (non-hydrogen) atoms. The van der Waals surface area contributed by atoms with Gasteiger partial charge in [0, 0.05) is 32.2 Å². The number of piperidine rings is 1. The first-order chi connectivity index (χ1) is 15.0. The van der Waals surface area contributed by atoms with E-state index in [1.807, 2.05) is 6.92 Å². The van der Waals surface area contributed by atoms with E-state index in [0.717, 1.165) is 18.4 Å². The number of nitrogens with one attached hydrogen (secondary N) is 2. The Morgan fingerprint density at radius 3 is 2.56 bits per heavy atom. The van der Waals surface area contributed by atoms with Crippen molar-refractivity contribution in [2.45, 2.75) is 45.8 Å². The maximum Gasteiger partial charge on any atom is 0.409 e. The van der Waals surface area contributed by atoms with E-state index in [1.54, 1.807) is 30.0 Å². The zero-order valence-electron chi connectivity index (χ0n) is 18.7. The summed E-state index contributed by atoms with van der Waals surface area (Å²) in [5, 5.41) is 6.62. The van der Waals surface area contributed by atoms with Gasteiger partial charge in [-0.2, -0.15) is 8.78 Å². The van der Waals surface area contributed by atoms with Gasteiger partial charge in [0.15, 0.2) is 17.5 Å². The number of hydrogen-bond donors (Lipinski definition) is 2. The zero-order valence-corrected chi connectivity index (χ0v) is 21.1. The van der Waals surface area contributed by atoms with E-state index < -0.39 is 6.61 Å². The van der Waals surface area contributed by atoms with Gasteiger partial charge in [0.2, 0.25) is 0 Å². The average molecular weight is 570 g/mol. The number of hydrogen-bond acceptors (Lipinski definition) is 5. The van der Waals surface area contributed by atoms with Crippen molar-refractivity contribution in [2.24, 2.45) is 4.99 Å². The lowest BCUT2D eigenvalue weighted by Crippen LogP contribution is -2.50. The van der Waals surface area contributed by atoms with Gasteiger partial charge in [0.25, 0.3) is 0 Å². The van der Waals surface area contributed by atoms with Crippen LogP contribution in [0, 0.1) is 0 Å². The molecule has 8 nitrogen and oxygen atoms in total. The molecule has 2 rings (SSSR count). The molecule has 1 fully saturated rings. The van der Waals surface area contributed by atoms with Gasteiger partial charge < -0.3 is 29.7 Å². The predicted molar refractivity (Wildman–Crippen MR) is 129 cm³/mol. The molecule has 182 valence electrons. The molecule has 1 amide bonds. The van der Waals surface area contributed by atoms with E-state index >= 15 is 0 Å². The quantitative estimate of drug-likeness (QED) is 0.268. The van der Waals surface area contributed by atoms with Crippen molar-refractivity contribution in [3.8, 4) is 11.5 Å². The number of alkyl halides is 2. The van der Waals surface area contributed by atoms with Gasteiger partial charge in [0.1, 0.15) is 0 Å². The molecule has 1 aliphatic heterocycles. The summed E-state index contributed by atoms with van der Waals surface area (Å²) in [4.78, 5) is 18.1. The van der Waals surface area contributed by atoms with Gasteiger partial charge >= 0.3 is 12.7 Å². The summed E-state index contributed by atoms with van der Waals surface area (Å²) >= 11 is 0. The summed E-state index contributed by atoms with van der Waals surface area (Å²) in [5.41, 5.74) is 0.818. The van der Waals surface area contributed by atoms with Crippen LogP contribution in [0.2, 0.25) is 0 Å². The van der Waals surface area contributed by atoms with Crippen LogP contribution in [0.25, 0.3) is 0 Å². The summed E-state index contributed by atoms with van der Waals surface area (Å²) < 4.78 is 39.8. The number of carbonyl (C=O) groups is 1. The summed E-state index contributed by atoms with van der Waals surface area (Å²) in [6.45, 7) is 3.69. The number of halogens is 3.